The van der Waals surface area contributed by atoms with Crippen molar-refractivity contribution in [2.24, 2.45) is 0 Å². The van der Waals surface area contributed by atoms with Crippen LogP contribution in [0.25, 0.3) is 0 Å². The molecule has 1 unspecified atom stereocenters. The Kier molecular flexibility index (Phi) is 4.17. The number of rotatable bonds is 5. The van der Waals surface area contributed by atoms with E-state index in [-0.39, 0.29) is 13.2 Å². The third kappa shape index (κ3) is 3.41. The Hall–Kier alpha value is -1.76. The Balaban J connectivity index is 1.98. The first-order valence-corrected chi connectivity index (χ1v) is 6.10. The van der Waals surface area contributed by atoms with Crippen LogP contribution in [0.2, 0.25) is 0 Å². The summed E-state index contributed by atoms with van der Waals surface area (Å²) < 4.78 is 40.4. The monoisotopic (exact) mass is 289 g/mol. The number of nitrogens with zero attached hydrogens (tertiary/aromatic N) is 1. The zero-order valence-corrected chi connectivity index (χ0v) is 10.6. The van der Waals surface area contributed by atoms with Gasteiger partial charge in [-0.25, -0.2) is 4.79 Å². The van der Waals surface area contributed by atoms with E-state index in [1.165, 1.54) is 0 Å². The highest BCUT2D eigenvalue weighted by atomic mass is 19.4. The van der Waals surface area contributed by atoms with E-state index in [0.717, 1.165) is 11.3 Å². The molecule has 0 fully saturated rings. The highest BCUT2D eigenvalue weighted by Gasteiger charge is 2.34. The standard InChI is InChI=1S/C13H14F3NO3/c14-13(15,16)8-20-6-5-17-10-4-2-1-3-9(10)7-11(17)12(18)19/h1-4,11H,5-8H2,(H,18,19). The van der Waals surface area contributed by atoms with Crippen LogP contribution in [0.3, 0.4) is 0 Å². The van der Waals surface area contributed by atoms with Gasteiger partial charge in [0.15, 0.2) is 0 Å². The van der Waals surface area contributed by atoms with Crippen molar-refractivity contribution in [3.8, 4) is 0 Å². The summed E-state index contributed by atoms with van der Waals surface area (Å²) in [4.78, 5) is 12.8. The summed E-state index contributed by atoms with van der Waals surface area (Å²) in [5.41, 5.74) is 1.63. The number of fused-ring (bicyclic) bond motifs is 1. The van der Waals surface area contributed by atoms with Gasteiger partial charge in [0, 0.05) is 18.7 Å². The summed E-state index contributed by atoms with van der Waals surface area (Å²) in [6, 6.07) is 6.42. The van der Waals surface area contributed by atoms with Crippen LogP contribution in [0.15, 0.2) is 24.3 Å². The van der Waals surface area contributed by atoms with E-state index < -0.39 is 24.8 Å². The molecule has 110 valence electrons. The van der Waals surface area contributed by atoms with Crippen LogP contribution in [0.4, 0.5) is 18.9 Å². The number of benzene rings is 1. The van der Waals surface area contributed by atoms with Crippen LogP contribution in [-0.4, -0.2) is 43.1 Å². The average Bonchev–Trinajstić information content (AvgIpc) is 2.72. The van der Waals surface area contributed by atoms with Crippen LogP contribution in [-0.2, 0) is 16.0 Å². The molecular formula is C13H14F3NO3. The predicted octanol–water partition coefficient (Wildman–Crippen LogP) is 2.08. The van der Waals surface area contributed by atoms with Gasteiger partial charge in [0.1, 0.15) is 12.6 Å². The van der Waals surface area contributed by atoms with Gasteiger partial charge in [-0.1, -0.05) is 18.2 Å². The van der Waals surface area contributed by atoms with E-state index in [1.54, 1.807) is 23.1 Å². The minimum absolute atomic E-state index is 0.115. The summed E-state index contributed by atoms with van der Waals surface area (Å²) in [7, 11) is 0. The molecule has 0 aromatic heterocycles. The van der Waals surface area contributed by atoms with Crippen molar-refractivity contribution in [3.05, 3.63) is 29.8 Å². The van der Waals surface area contributed by atoms with Gasteiger partial charge in [0.2, 0.25) is 0 Å². The first-order valence-electron chi connectivity index (χ1n) is 6.10. The van der Waals surface area contributed by atoms with E-state index in [1.807, 2.05) is 6.07 Å². The molecule has 1 heterocycles. The van der Waals surface area contributed by atoms with E-state index in [4.69, 9.17) is 0 Å². The largest absolute Gasteiger partial charge is 0.480 e. The predicted molar refractivity (Wildman–Crippen MR) is 65.8 cm³/mol. The lowest BCUT2D eigenvalue weighted by Gasteiger charge is -2.24. The Morgan fingerprint density at radius 1 is 1.40 bits per heavy atom. The first kappa shape index (κ1) is 14.6. The maximum absolute atomic E-state index is 12.0. The molecule has 1 aliphatic heterocycles. The fourth-order valence-electron chi connectivity index (χ4n) is 2.30. The van der Waals surface area contributed by atoms with Gasteiger partial charge in [-0.15, -0.1) is 0 Å². The van der Waals surface area contributed by atoms with Crippen LogP contribution in [0, 0.1) is 0 Å². The molecule has 0 radical (unpaired) electrons. The van der Waals surface area contributed by atoms with E-state index in [9.17, 15) is 23.1 Å². The highest BCUT2D eigenvalue weighted by Crippen LogP contribution is 2.31. The number of aliphatic carboxylic acids is 1. The normalized spacial score (nSPS) is 18.1. The Morgan fingerprint density at radius 3 is 2.75 bits per heavy atom. The van der Waals surface area contributed by atoms with Crippen molar-refractivity contribution in [1.82, 2.24) is 0 Å². The lowest BCUT2D eigenvalue weighted by atomic mass is 10.1. The molecule has 0 saturated carbocycles. The van der Waals surface area contributed by atoms with Gasteiger partial charge >= 0.3 is 12.1 Å². The van der Waals surface area contributed by atoms with Crippen LogP contribution >= 0.6 is 0 Å². The summed E-state index contributed by atoms with van der Waals surface area (Å²) in [5, 5.41) is 9.18. The van der Waals surface area contributed by atoms with Crippen LogP contribution in [0.5, 0.6) is 0 Å². The number of ether oxygens (including phenoxy) is 1. The third-order valence-corrected chi connectivity index (χ3v) is 3.12. The molecule has 1 N–H and O–H groups in total. The molecule has 1 atom stereocenters. The van der Waals surface area contributed by atoms with Crippen molar-refractivity contribution >= 4 is 11.7 Å². The molecular weight excluding hydrogens is 275 g/mol. The van der Waals surface area contributed by atoms with E-state index >= 15 is 0 Å². The van der Waals surface area contributed by atoms with Gasteiger partial charge < -0.3 is 14.7 Å². The molecule has 0 aliphatic carbocycles. The second-order valence-corrected chi connectivity index (χ2v) is 4.55. The zero-order valence-electron chi connectivity index (χ0n) is 10.6. The number of para-hydroxylation sites is 1. The lowest BCUT2D eigenvalue weighted by Crippen LogP contribution is -2.40. The molecule has 0 spiro atoms. The molecule has 1 aromatic rings. The number of anilines is 1. The molecule has 0 amide bonds. The topological polar surface area (TPSA) is 49.8 Å². The minimum Gasteiger partial charge on any atom is -0.480 e. The second-order valence-electron chi connectivity index (χ2n) is 4.55. The number of halogens is 3. The maximum atomic E-state index is 12.0. The number of hydrogen-bond donors (Lipinski definition) is 1. The fraction of sp³-hybridized carbons (Fsp3) is 0.462. The Bertz CT molecular complexity index is 490. The first-order chi connectivity index (χ1) is 9.38. The second kappa shape index (κ2) is 5.70. The van der Waals surface area contributed by atoms with Crippen molar-refractivity contribution in [2.75, 3.05) is 24.7 Å². The number of hydrogen-bond acceptors (Lipinski definition) is 3. The van der Waals surface area contributed by atoms with Crippen molar-refractivity contribution in [3.63, 3.8) is 0 Å². The molecule has 7 heteroatoms. The number of carboxylic acids is 1. The van der Waals surface area contributed by atoms with Crippen LogP contribution in [0.1, 0.15) is 5.56 Å². The number of carbonyl (C=O) groups is 1. The Morgan fingerprint density at radius 2 is 2.10 bits per heavy atom. The van der Waals surface area contributed by atoms with Gasteiger partial charge in [0.05, 0.1) is 6.61 Å². The summed E-state index contributed by atoms with van der Waals surface area (Å²) in [5.74, 6) is -0.989. The fourth-order valence-corrected chi connectivity index (χ4v) is 2.30. The summed E-state index contributed by atoms with van der Waals surface area (Å²) in [6.07, 6.45) is -4.01. The maximum Gasteiger partial charge on any atom is 0.411 e. The molecule has 4 nitrogen and oxygen atoms in total. The van der Waals surface area contributed by atoms with Gasteiger partial charge in [-0.2, -0.15) is 13.2 Å². The van der Waals surface area contributed by atoms with Crippen LogP contribution < -0.4 is 4.90 Å². The molecule has 1 aromatic carbocycles. The Labute approximate surface area is 113 Å². The summed E-state index contributed by atoms with van der Waals surface area (Å²) >= 11 is 0. The number of alkyl halides is 3. The van der Waals surface area contributed by atoms with Crippen molar-refractivity contribution in [2.45, 2.75) is 18.6 Å². The molecule has 1 aliphatic rings. The summed E-state index contributed by atoms with van der Waals surface area (Å²) in [6.45, 7) is -1.37. The van der Waals surface area contributed by atoms with Gasteiger partial charge in [0.25, 0.3) is 0 Å². The smallest absolute Gasteiger partial charge is 0.411 e. The third-order valence-electron chi connectivity index (χ3n) is 3.12. The van der Waals surface area contributed by atoms with Crippen molar-refractivity contribution in [1.29, 1.82) is 0 Å². The quantitative estimate of drug-likeness (QED) is 0.843. The van der Waals surface area contributed by atoms with Gasteiger partial charge in [-0.05, 0) is 11.6 Å². The molecule has 20 heavy (non-hydrogen) atoms. The van der Waals surface area contributed by atoms with E-state index in [0.29, 0.717) is 6.42 Å². The SMILES string of the molecule is O=C(O)C1Cc2ccccc2N1CCOCC(F)(F)F. The van der Waals surface area contributed by atoms with Gasteiger partial charge in [-0.3, -0.25) is 0 Å². The lowest BCUT2D eigenvalue weighted by molar-refractivity contribution is -0.173. The molecule has 0 bridgehead atoms. The molecule has 0 saturated heterocycles. The highest BCUT2D eigenvalue weighted by molar-refractivity contribution is 5.82. The number of carboxylic acid groups (broad SMARTS) is 1. The van der Waals surface area contributed by atoms with E-state index in [2.05, 4.69) is 4.74 Å². The zero-order chi connectivity index (χ0) is 14.8. The van der Waals surface area contributed by atoms with Crippen molar-refractivity contribution < 1.29 is 27.8 Å². The minimum atomic E-state index is -4.37. The molecule has 2 rings (SSSR count). The average molecular weight is 289 g/mol.